The zero-order chi connectivity index (χ0) is 20.0. The number of nitrogens with zero attached hydrogens (tertiary/aromatic N) is 5. The van der Waals surface area contributed by atoms with Gasteiger partial charge in [0.1, 0.15) is 5.82 Å². The first-order valence-corrected chi connectivity index (χ1v) is 10.2. The first-order chi connectivity index (χ1) is 14.1. The molecule has 0 aliphatic rings. The Morgan fingerprint density at radius 3 is 2.40 bits per heavy atom. The van der Waals surface area contributed by atoms with Crippen LogP contribution in [0.5, 0.6) is 0 Å². The van der Waals surface area contributed by atoms with Gasteiger partial charge in [0.05, 0.1) is 10.7 Å². The van der Waals surface area contributed by atoms with Gasteiger partial charge in [0.15, 0.2) is 0 Å². The fourth-order valence-electron chi connectivity index (χ4n) is 3.71. The summed E-state index contributed by atoms with van der Waals surface area (Å²) in [4.78, 5) is 4.51. The maximum absolute atomic E-state index is 4.51. The van der Waals surface area contributed by atoms with Gasteiger partial charge in [0.2, 0.25) is 0 Å². The van der Waals surface area contributed by atoms with Gasteiger partial charge in [-0.25, -0.2) is 4.68 Å². The van der Waals surface area contributed by atoms with Crippen molar-refractivity contribution in [1.29, 1.82) is 0 Å². The number of fused-ring (bicyclic) bond motifs is 1. The molecule has 0 amide bonds. The molecule has 2 heterocycles. The van der Waals surface area contributed by atoms with Crippen molar-refractivity contribution in [3.8, 4) is 28.2 Å². The Kier molecular flexibility index (Phi) is 5.60. The van der Waals surface area contributed by atoms with Crippen LogP contribution in [0.25, 0.3) is 38.4 Å². The number of tetrazole rings is 1. The fraction of sp³-hybridized carbons (Fsp3) is 0.130. The first-order valence-electron chi connectivity index (χ1n) is 9.35. The summed E-state index contributed by atoms with van der Waals surface area (Å²) in [6.07, 6.45) is 0. The summed E-state index contributed by atoms with van der Waals surface area (Å²) in [5, 5.41) is 13.6. The normalized spacial score (nSPS) is 10.9. The molecule has 30 heavy (non-hydrogen) atoms. The molecule has 2 aromatic heterocycles. The Balaban J connectivity index is 0.00000218. The molecule has 0 unspecified atom stereocenters. The molecular weight excluding hydrogens is 571 g/mol. The molecule has 7 heteroatoms. The van der Waals surface area contributed by atoms with Gasteiger partial charge in [0.25, 0.3) is 0 Å². The Labute approximate surface area is 192 Å². The number of hydrogen-bond donors (Lipinski definition) is 0. The summed E-state index contributed by atoms with van der Waals surface area (Å²) < 4.78 is 2.92. The summed E-state index contributed by atoms with van der Waals surface area (Å²) in [6, 6.07) is 22.0. The van der Waals surface area contributed by atoms with Crippen molar-refractivity contribution in [2.24, 2.45) is 0 Å². The minimum atomic E-state index is 0. The second-order valence-electron chi connectivity index (χ2n) is 7.07. The van der Waals surface area contributed by atoms with E-state index < -0.39 is 0 Å². The van der Waals surface area contributed by atoms with Crippen molar-refractivity contribution in [2.75, 3.05) is 0 Å². The van der Waals surface area contributed by atoms with Crippen molar-refractivity contribution in [1.82, 2.24) is 25.2 Å². The maximum atomic E-state index is 4.51. The van der Waals surface area contributed by atoms with Crippen molar-refractivity contribution in [3.63, 3.8) is 0 Å². The predicted octanol–water partition coefficient (Wildman–Crippen LogP) is 5.33. The predicted molar refractivity (Wildman–Crippen MR) is 116 cm³/mol. The molecule has 5 rings (SSSR count). The van der Waals surface area contributed by atoms with Crippen LogP contribution in [-0.4, -0.2) is 25.2 Å². The molecule has 0 fully saturated rings. The van der Waals surface area contributed by atoms with Crippen LogP contribution in [0, 0.1) is 26.8 Å². The summed E-state index contributed by atoms with van der Waals surface area (Å²) >= 11 is 1.66. The van der Waals surface area contributed by atoms with Crippen LogP contribution >= 0.6 is 11.3 Å². The van der Waals surface area contributed by atoms with Gasteiger partial charge < -0.3 is 0 Å². The van der Waals surface area contributed by atoms with E-state index in [9.17, 15) is 0 Å². The van der Waals surface area contributed by atoms with Crippen LogP contribution in [-0.2, 0) is 20.1 Å². The van der Waals surface area contributed by atoms with E-state index >= 15 is 0 Å². The van der Waals surface area contributed by atoms with E-state index in [0.29, 0.717) is 5.82 Å². The van der Waals surface area contributed by atoms with E-state index in [1.54, 1.807) is 11.3 Å². The second kappa shape index (κ2) is 8.19. The third-order valence-electron chi connectivity index (χ3n) is 4.95. The topological polar surface area (TPSA) is 56.5 Å². The standard InChI is InChI=1S/C23H18N5S.Ir/c1-14-11-19(17-7-5-4-6-8-17)12-15(2)22(14)28-23(25-26-27-28)18-9-10-20-21(13-18)29-16(3)24-20;/h4-8,10-13H,1-3H3;/q-1;. The monoisotopic (exact) mass is 589 g/mol. The van der Waals surface area contributed by atoms with E-state index in [4.69, 9.17) is 0 Å². The van der Waals surface area contributed by atoms with E-state index in [2.05, 4.69) is 82.9 Å². The number of hydrogen-bond acceptors (Lipinski definition) is 5. The molecule has 0 bridgehead atoms. The van der Waals surface area contributed by atoms with Gasteiger partial charge in [-0.1, -0.05) is 30.3 Å². The van der Waals surface area contributed by atoms with Gasteiger partial charge in [0, 0.05) is 20.1 Å². The smallest absolute Gasteiger partial charge is 0.104 e. The van der Waals surface area contributed by atoms with Crippen molar-refractivity contribution in [2.45, 2.75) is 20.8 Å². The fourth-order valence-corrected chi connectivity index (χ4v) is 4.55. The van der Waals surface area contributed by atoms with Gasteiger partial charge >= 0.3 is 0 Å². The number of aryl methyl sites for hydroxylation is 3. The molecule has 3 aromatic carbocycles. The molecule has 5 aromatic rings. The Morgan fingerprint density at radius 2 is 1.67 bits per heavy atom. The summed E-state index contributed by atoms with van der Waals surface area (Å²) in [5.74, 6) is 0.677. The SMILES string of the molecule is Cc1nc2c[c-]c(-c3nnnn3-c3c(C)cc(-c4ccccc4)cc3C)cc2s1.[Ir]. The molecule has 0 saturated carbocycles. The molecule has 151 valence electrons. The van der Waals surface area contributed by atoms with Crippen LogP contribution in [0.1, 0.15) is 16.1 Å². The quantitative estimate of drug-likeness (QED) is 0.268. The van der Waals surface area contributed by atoms with Gasteiger partial charge in [-0.2, -0.15) is 5.10 Å². The second-order valence-corrected chi connectivity index (χ2v) is 8.30. The van der Waals surface area contributed by atoms with Gasteiger partial charge in [-0.15, -0.1) is 35.1 Å². The minimum absolute atomic E-state index is 0. The van der Waals surface area contributed by atoms with E-state index in [-0.39, 0.29) is 20.1 Å². The molecule has 0 aliphatic heterocycles. The molecular formula is C23H18IrN5S-. The first kappa shape index (κ1) is 20.5. The average Bonchev–Trinajstić information content (AvgIpc) is 3.33. The van der Waals surface area contributed by atoms with Gasteiger partial charge in [-0.3, -0.25) is 4.98 Å². The molecule has 0 saturated heterocycles. The summed E-state index contributed by atoms with van der Waals surface area (Å²) in [6.45, 7) is 6.20. The van der Waals surface area contributed by atoms with Crippen LogP contribution < -0.4 is 0 Å². The third kappa shape index (κ3) is 3.60. The molecule has 0 N–H and O–H groups in total. The molecule has 5 nitrogen and oxygen atoms in total. The third-order valence-corrected chi connectivity index (χ3v) is 5.88. The molecule has 0 atom stereocenters. The minimum Gasteiger partial charge on any atom is -0.290 e. The van der Waals surface area contributed by atoms with E-state index in [1.165, 1.54) is 11.1 Å². The van der Waals surface area contributed by atoms with Crippen molar-refractivity contribution < 1.29 is 20.1 Å². The van der Waals surface area contributed by atoms with Crippen LogP contribution in [0.15, 0.2) is 54.6 Å². The Morgan fingerprint density at radius 1 is 0.933 bits per heavy atom. The summed E-state index contributed by atoms with van der Waals surface area (Å²) in [7, 11) is 0. The van der Waals surface area contributed by atoms with Gasteiger partial charge in [-0.05, 0) is 75.8 Å². The largest absolute Gasteiger partial charge is 0.290 e. The van der Waals surface area contributed by atoms with Crippen LogP contribution in [0.2, 0.25) is 0 Å². The number of thiazole rings is 1. The Bertz CT molecular complexity index is 1320. The van der Waals surface area contributed by atoms with Crippen LogP contribution in [0.3, 0.4) is 0 Å². The number of rotatable bonds is 3. The van der Waals surface area contributed by atoms with E-state index in [1.807, 2.05) is 23.7 Å². The maximum Gasteiger partial charge on any atom is 0.104 e. The Hall–Kier alpha value is -2.73. The number of benzene rings is 3. The zero-order valence-corrected chi connectivity index (χ0v) is 19.9. The summed E-state index contributed by atoms with van der Waals surface area (Å²) in [5.41, 5.74) is 7.43. The zero-order valence-electron chi connectivity index (χ0n) is 16.7. The van der Waals surface area contributed by atoms with Crippen molar-refractivity contribution in [3.05, 3.63) is 76.8 Å². The number of aromatic nitrogens is 5. The molecule has 0 aliphatic carbocycles. The van der Waals surface area contributed by atoms with Crippen LogP contribution in [0.4, 0.5) is 0 Å². The van der Waals surface area contributed by atoms with E-state index in [0.717, 1.165) is 37.6 Å². The molecule has 0 spiro atoms. The average molecular weight is 589 g/mol. The molecule has 1 radical (unpaired) electrons. The van der Waals surface area contributed by atoms with Crippen molar-refractivity contribution >= 4 is 21.6 Å².